The Bertz CT molecular complexity index is 495. The van der Waals surface area contributed by atoms with Crippen molar-refractivity contribution < 1.29 is 14.3 Å². The van der Waals surface area contributed by atoms with Gasteiger partial charge in [0.15, 0.2) is 0 Å². The van der Waals surface area contributed by atoms with Crippen LogP contribution in [-0.4, -0.2) is 38.1 Å². The van der Waals surface area contributed by atoms with Crippen LogP contribution in [0.15, 0.2) is 0 Å². The maximum atomic E-state index is 12.0. The fourth-order valence-electron chi connectivity index (χ4n) is 5.41. The van der Waals surface area contributed by atoms with E-state index in [1.54, 1.807) is 0 Å². The smallest absolute Gasteiger partial charge is 0.220 e. The fraction of sp³-hybridized carbons (Fsp3) is 0.944. The number of ether oxygens (including phenoxy) is 1. The van der Waals surface area contributed by atoms with Gasteiger partial charge in [-0.15, -0.1) is 0 Å². The van der Waals surface area contributed by atoms with Crippen LogP contribution in [0.3, 0.4) is 0 Å². The van der Waals surface area contributed by atoms with Gasteiger partial charge in [0.05, 0.1) is 13.2 Å². The highest BCUT2D eigenvalue weighted by Gasteiger charge is 2.03. The molecular formula is C36H72N2O3. The van der Waals surface area contributed by atoms with Crippen LogP contribution in [0.5, 0.6) is 0 Å². The third-order valence-electron chi connectivity index (χ3n) is 8.15. The molecule has 2 N–H and O–H groups in total. The summed E-state index contributed by atoms with van der Waals surface area (Å²) in [5, 5.41) is 5.88. The van der Waals surface area contributed by atoms with Gasteiger partial charge in [0.1, 0.15) is 0 Å². The number of carbonyl (C=O) groups excluding carboxylic acids is 2. The van der Waals surface area contributed by atoms with Crippen molar-refractivity contribution in [3.8, 4) is 0 Å². The van der Waals surface area contributed by atoms with Gasteiger partial charge in [-0.05, 0) is 12.8 Å². The van der Waals surface area contributed by atoms with Crippen LogP contribution in [0.1, 0.15) is 194 Å². The molecule has 0 bridgehead atoms. The van der Waals surface area contributed by atoms with E-state index < -0.39 is 0 Å². The number of unbranched alkanes of at least 4 members (excludes halogenated alkanes) is 24. The van der Waals surface area contributed by atoms with Gasteiger partial charge >= 0.3 is 0 Å². The van der Waals surface area contributed by atoms with Gasteiger partial charge in [-0.1, -0.05) is 168 Å². The number of hydrogen-bond donors (Lipinski definition) is 2. The highest BCUT2D eigenvalue weighted by atomic mass is 16.5. The van der Waals surface area contributed by atoms with Crippen LogP contribution in [-0.2, 0) is 14.3 Å². The number of rotatable bonds is 34. The molecule has 0 fully saturated rings. The molecule has 244 valence electrons. The first-order valence-electron chi connectivity index (χ1n) is 18.3. The van der Waals surface area contributed by atoms with E-state index in [0.29, 0.717) is 39.1 Å². The summed E-state index contributed by atoms with van der Waals surface area (Å²) < 4.78 is 5.55. The first-order chi connectivity index (χ1) is 20.2. The van der Waals surface area contributed by atoms with E-state index in [-0.39, 0.29) is 11.8 Å². The van der Waals surface area contributed by atoms with Crippen molar-refractivity contribution in [2.24, 2.45) is 0 Å². The second-order valence-corrected chi connectivity index (χ2v) is 12.3. The molecule has 0 aliphatic carbocycles. The summed E-state index contributed by atoms with van der Waals surface area (Å²) in [6.07, 6.45) is 35.6. The van der Waals surface area contributed by atoms with Gasteiger partial charge in [0, 0.05) is 25.9 Å². The molecule has 0 saturated carbocycles. The van der Waals surface area contributed by atoms with Crippen molar-refractivity contribution in [1.82, 2.24) is 10.6 Å². The van der Waals surface area contributed by atoms with Crippen molar-refractivity contribution in [2.75, 3.05) is 26.3 Å². The molecule has 0 radical (unpaired) electrons. The lowest BCUT2D eigenvalue weighted by molar-refractivity contribution is -0.121. The van der Waals surface area contributed by atoms with E-state index in [4.69, 9.17) is 4.74 Å². The predicted molar refractivity (Wildman–Crippen MR) is 177 cm³/mol. The maximum absolute atomic E-state index is 12.0. The van der Waals surface area contributed by atoms with Crippen LogP contribution in [0.2, 0.25) is 0 Å². The van der Waals surface area contributed by atoms with Gasteiger partial charge in [-0.2, -0.15) is 0 Å². The Morgan fingerprint density at radius 2 is 0.634 bits per heavy atom. The molecule has 5 heteroatoms. The minimum absolute atomic E-state index is 0.128. The molecule has 0 aromatic heterocycles. The Balaban J connectivity index is 3.25. The number of hydrogen-bond acceptors (Lipinski definition) is 3. The summed E-state index contributed by atoms with van der Waals surface area (Å²) in [6.45, 7) is 6.64. The lowest BCUT2D eigenvalue weighted by Gasteiger charge is -2.08. The molecule has 0 aromatic carbocycles. The third kappa shape index (κ3) is 35.0. The summed E-state index contributed by atoms with van der Waals surface area (Å²) in [5.74, 6) is 0.255. The molecule has 0 atom stereocenters. The van der Waals surface area contributed by atoms with E-state index >= 15 is 0 Å². The van der Waals surface area contributed by atoms with Crippen LogP contribution in [0, 0.1) is 0 Å². The molecule has 0 aliphatic rings. The van der Waals surface area contributed by atoms with Crippen molar-refractivity contribution >= 4 is 11.8 Å². The summed E-state index contributed by atoms with van der Waals surface area (Å²) in [7, 11) is 0. The second-order valence-electron chi connectivity index (χ2n) is 12.3. The summed E-state index contributed by atoms with van der Waals surface area (Å²) in [6, 6.07) is 0. The molecule has 0 rings (SSSR count). The third-order valence-corrected chi connectivity index (χ3v) is 8.15. The summed E-state index contributed by atoms with van der Waals surface area (Å²) in [4.78, 5) is 23.9. The summed E-state index contributed by atoms with van der Waals surface area (Å²) >= 11 is 0. The monoisotopic (exact) mass is 581 g/mol. The van der Waals surface area contributed by atoms with Crippen molar-refractivity contribution in [3.05, 3.63) is 0 Å². The predicted octanol–water partition coefficient (Wildman–Crippen LogP) is 10.2. The van der Waals surface area contributed by atoms with Crippen molar-refractivity contribution in [3.63, 3.8) is 0 Å². The van der Waals surface area contributed by atoms with Gasteiger partial charge in [-0.3, -0.25) is 9.59 Å². The Morgan fingerprint density at radius 1 is 0.390 bits per heavy atom. The minimum Gasteiger partial charge on any atom is -0.378 e. The standard InChI is InChI=1S/C36H72N2O3/c1-3-5-7-9-11-13-15-17-19-21-23-25-27-29-35(39)37-31-33-41-34-32-38-36(40)30-28-26-24-22-20-18-16-14-12-10-8-6-4-2/h3-34H2,1-2H3,(H,37,39)(H,38,40). The second kappa shape index (κ2) is 35.1. The first-order valence-corrected chi connectivity index (χ1v) is 18.3. The molecule has 41 heavy (non-hydrogen) atoms. The zero-order valence-electron chi connectivity index (χ0n) is 27.9. The molecular weight excluding hydrogens is 508 g/mol. The lowest BCUT2D eigenvalue weighted by Crippen LogP contribution is -2.30. The average molecular weight is 581 g/mol. The molecule has 0 heterocycles. The Hall–Kier alpha value is -1.10. The summed E-state index contributed by atoms with van der Waals surface area (Å²) in [5.41, 5.74) is 0. The van der Waals surface area contributed by atoms with Gasteiger partial charge in [-0.25, -0.2) is 0 Å². The first kappa shape index (κ1) is 39.9. The Kier molecular flexibility index (Phi) is 34.2. The highest BCUT2D eigenvalue weighted by Crippen LogP contribution is 2.14. The van der Waals surface area contributed by atoms with Crippen LogP contribution in [0.4, 0.5) is 0 Å². The van der Waals surface area contributed by atoms with E-state index in [0.717, 1.165) is 25.7 Å². The quantitative estimate of drug-likeness (QED) is 0.0744. The average Bonchev–Trinajstić information content (AvgIpc) is 2.97. The maximum Gasteiger partial charge on any atom is 0.220 e. The van der Waals surface area contributed by atoms with Gasteiger partial charge < -0.3 is 15.4 Å². The largest absolute Gasteiger partial charge is 0.378 e. The van der Waals surface area contributed by atoms with Crippen molar-refractivity contribution in [1.29, 1.82) is 0 Å². The molecule has 0 unspecified atom stereocenters. The normalized spacial score (nSPS) is 11.2. The zero-order chi connectivity index (χ0) is 29.9. The van der Waals surface area contributed by atoms with E-state index in [2.05, 4.69) is 24.5 Å². The molecule has 2 amide bonds. The Labute approximate surface area is 256 Å². The molecule has 0 aliphatic heterocycles. The van der Waals surface area contributed by atoms with E-state index in [1.165, 1.54) is 141 Å². The highest BCUT2D eigenvalue weighted by molar-refractivity contribution is 5.76. The molecule has 5 nitrogen and oxygen atoms in total. The lowest BCUT2D eigenvalue weighted by atomic mass is 10.0. The SMILES string of the molecule is CCCCCCCCCCCCCCCC(=O)NCCOCCNC(=O)CCCCCCCCCCCCCCC. The topological polar surface area (TPSA) is 67.4 Å². The van der Waals surface area contributed by atoms with Crippen LogP contribution >= 0.6 is 0 Å². The van der Waals surface area contributed by atoms with Gasteiger partial charge in [0.25, 0.3) is 0 Å². The van der Waals surface area contributed by atoms with Crippen LogP contribution in [0.25, 0.3) is 0 Å². The zero-order valence-corrected chi connectivity index (χ0v) is 27.9. The van der Waals surface area contributed by atoms with E-state index in [1.807, 2.05) is 0 Å². The number of nitrogens with one attached hydrogen (secondary N) is 2. The fourth-order valence-corrected chi connectivity index (χ4v) is 5.41. The van der Waals surface area contributed by atoms with Gasteiger partial charge in [0.2, 0.25) is 11.8 Å². The van der Waals surface area contributed by atoms with E-state index in [9.17, 15) is 9.59 Å². The van der Waals surface area contributed by atoms with Crippen molar-refractivity contribution in [2.45, 2.75) is 194 Å². The molecule has 0 spiro atoms. The minimum atomic E-state index is 0.128. The number of carbonyl (C=O) groups is 2. The Morgan fingerprint density at radius 3 is 0.902 bits per heavy atom. The number of amides is 2. The molecule has 0 saturated heterocycles. The molecule has 0 aromatic rings. The van der Waals surface area contributed by atoms with Crippen LogP contribution < -0.4 is 10.6 Å².